The molecule has 4 heterocycles. The summed E-state index contributed by atoms with van der Waals surface area (Å²) < 4.78 is 32.7. The molecule has 10 heteroatoms. The summed E-state index contributed by atoms with van der Waals surface area (Å²) in [5.74, 6) is 1.46. The van der Waals surface area contributed by atoms with Crippen LogP contribution in [0.4, 0.5) is 17.5 Å². The van der Waals surface area contributed by atoms with E-state index in [2.05, 4.69) is 19.5 Å². The molecule has 0 bridgehead atoms. The highest BCUT2D eigenvalue weighted by Gasteiger charge is 2.29. The summed E-state index contributed by atoms with van der Waals surface area (Å²) >= 11 is 0. The number of pyridine rings is 1. The minimum atomic E-state index is -3.57. The van der Waals surface area contributed by atoms with E-state index in [0.717, 1.165) is 41.3 Å². The van der Waals surface area contributed by atoms with E-state index in [1.165, 1.54) is 7.05 Å². The van der Waals surface area contributed by atoms with E-state index in [9.17, 15) is 8.42 Å². The molecule has 1 fully saturated rings. The molecule has 0 unspecified atom stereocenters. The van der Waals surface area contributed by atoms with Crippen LogP contribution in [-0.2, 0) is 21.2 Å². The first-order valence-corrected chi connectivity index (χ1v) is 12.0. The topological polar surface area (TPSA) is 101 Å². The lowest BCUT2D eigenvalue weighted by atomic mass is 10.1. The predicted molar refractivity (Wildman–Crippen MR) is 122 cm³/mol. The van der Waals surface area contributed by atoms with E-state index < -0.39 is 10.0 Å². The molecule has 0 aliphatic carbocycles. The van der Waals surface area contributed by atoms with Crippen LogP contribution in [0.25, 0.3) is 11.3 Å². The van der Waals surface area contributed by atoms with Crippen LogP contribution in [0.2, 0.25) is 0 Å². The van der Waals surface area contributed by atoms with Crippen LogP contribution in [0.15, 0.2) is 53.7 Å². The minimum absolute atomic E-state index is 0.208. The second-order valence-electron chi connectivity index (χ2n) is 7.62. The van der Waals surface area contributed by atoms with Crippen molar-refractivity contribution in [3.63, 3.8) is 0 Å². The molecule has 2 aromatic heterocycles. The molecular weight excluding hydrogens is 428 g/mol. The van der Waals surface area contributed by atoms with Crippen molar-refractivity contribution in [1.29, 1.82) is 0 Å². The Kier molecular flexibility index (Phi) is 5.50. The molecule has 5 rings (SSSR count). The highest BCUT2D eigenvalue weighted by molar-refractivity contribution is 7.89. The fraction of sp³-hybridized carbons (Fsp3) is 0.318. The summed E-state index contributed by atoms with van der Waals surface area (Å²) in [4.78, 5) is 18.6. The second-order valence-corrected chi connectivity index (χ2v) is 9.51. The van der Waals surface area contributed by atoms with Crippen molar-refractivity contribution in [3.05, 3.63) is 54.4 Å². The minimum Gasteiger partial charge on any atom is -0.378 e. The Morgan fingerprint density at radius 3 is 2.66 bits per heavy atom. The Morgan fingerprint density at radius 2 is 1.91 bits per heavy atom. The van der Waals surface area contributed by atoms with Gasteiger partial charge in [0.2, 0.25) is 16.0 Å². The van der Waals surface area contributed by atoms with Crippen LogP contribution < -0.4 is 14.5 Å². The molecule has 3 aromatic rings. The largest absolute Gasteiger partial charge is 0.378 e. The molecule has 166 valence electrons. The van der Waals surface area contributed by atoms with Gasteiger partial charge in [-0.05, 0) is 37.7 Å². The molecular formula is C22H24N6O3S. The lowest BCUT2D eigenvalue weighted by Gasteiger charge is -2.28. The van der Waals surface area contributed by atoms with Gasteiger partial charge < -0.3 is 14.5 Å². The fourth-order valence-electron chi connectivity index (χ4n) is 4.08. The molecule has 0 atom stereocenters. The Balaban J connectivity index is 1.66. The van der Waals surface area contributed by atoms with Crippen LogP contribution >= 0.6 is 0 Å². The smallest absolute Gasteiger partial charge is 0.240 e. The molecule has 1 saturated heterocycles. The van der Waals surface area contributed by atoms with Crippen LogP contribution in [0.5, 0.6) is 0 Å². The molecule has 32 heavy (non-hydrogen) atoms. The van der Waals surface area contributed by atoms with Gasteiger partial charge in [0.1, 0.15) is 5.82 Å². The first kappa shape index (κ1) is 20.8. The number of anilines is 3. The van der Waals surface area contributed by atoms with Gasteiger partial charge in [0.15, 0.2) is 0 Å². The van der Waals surface area contributed by atoms with Gasteiger partial charge in [-0.1, -0.05) is 12.1 Å². The lowest BCUT2D eigenvalue weighted by molar-refractivity contribution is 0.122. The van der Waals surface area contributed by atoms with Crippen molar-refractivity contribution in [3.8, 4) is 11.3 Å². The zero-order valence-corrected chi connectivity index (χ0v) is 18.5. The molecule has 1 N–H and O–H groups in total. The second kappa shape index (κ2) is 8.45. The first-order chi connectivity index (χ1) is 15.6. The van der Waals surface area contributed by atoms with E-state index in [1.807, 2.05) is 24.4 Å². The number of fused-ring (bicyclic) bond motifs is 1. The quantitative estimate of drug-likeness (QED) is 0.627. The van der Waals surface area contributed by atoms with E-state index in [1.54, 1.807) is 24.4 Å². The van der Waals surface area contributed by atoms with Crippen LogP contribution in [0.3, 0.4) is 0 Å². The molecule has 2 aliphatic rings. The van der Waals surface area contributed by atoms with Crippen molar-refractivity contribution >= 4 is 27.5 Å². The van der Waals surface area contributed by atoms with Gasteiger partial charge in [0, 0.05) is 37.0 Å². The molecule has 0 saturated carbocycles. The Labute approximate surface area is 187 Å². The lowest BCUT2D eigenvalue weighted by Crippen LogP contribution is -2.37. The van der Waals surface area contributed by atoms with Crippen LogP contribution in [0.1, 0.15) is 5.56 Å². The summed E-state index contributed by atoms with van der Waals surface area (Å²) in [7, 11) is -2.16. The summed E-state index contributed by atoms with van der Waals surface area (Å²) in [6, 6.07) is 10.8. The molecule has 0 radical (unpaired) electrons. The highest BCUT2D eigenvalue weighted by atomic mass is 32.2. The highest BCUT2D eigenvalue weighted by Crippen LogP contribution is 2.39. The summed E-state index contributed by atoms with van der Waals surface area (Å²) in [6.45, 7) is 3.42. The first-order valence-electron chi connectivity index (χ1n) is 10.5. The number of rotatable bonds is 5. The third-order valence-electron chi connectivity index (χ3n) is 5.75. The average Bonchev–Trinajstić information content (AvgIpc) is 3.29. The third kappa shape index (κ3) is 3.81. The number of hydrogen-bond acceptors (Lipinski definition) is 8. The van der Waals surface area contributed by atoms with Gasteiger partial charge in [-0.25, -0.2) is 18.1 Å². The predicted octanol–water partition coefficient (Wildman–Crippen LogP) is 1.98. The number of nitrogens with zero attached hydrogens (tertiary/aromatic N) is 5. The monoisotopic (exact) mass is 452 g/mol. The number of nitrogens with one attached hydrogen (secondary N) is 1. The van der Waals surface area contributed by atoms with Gasteiger partial charge in [0.25, 0.3) is 0 Å². The third-order valence-corrected chi connectivity index (χ3v) is 7.16. The summed E-state index contributed by atoms with van der Waals surface area (Å²) in [6.07, 6.45) is 4.33. The average molecular weight is 453 g/mol. The standard InChI is InChI=1S/C22H24N6O3S/c1-23-32(29,30)18-6-2-4-16(14-18)20-19-7-9-28(17-5-3-8-24-15-17)21(19)26-22(25-20)27-10-12-31-13-11-27/h2-6,8,14-15,23H,7,9-13H2,1H3. The molecule has 2 aliphatic heterocycles. The Morgan fingerprint density at radius 1 is 1.06 bits per heavy atom. The van der Waals surface area contributed by atoms with E-state index in [4.69, 9.17) is 14.7 Å². The van der Waals surface area contributed by atoms with E-state index in [0.29, 0.717) is 32.3 Å². The molecule has 0 spiro atoms. The molecule has 9 nitrogen and oxygen atoms in total. The number of ether oxygens (including phenoxy) is 1. The maximum atomic E-state index is 12.4. The number of benzene rings is 1. The maximum absolute atomic E-state index is 12.4. The van der Waals surface area contributed by atoms with Crippen molar-refractivity contribution in [2.45, 2.75) is 11.3 Å². The van der Waals surface area contributed by atoms with Gasteiger partial charge in [-0.15, -0.1) is 0 Å². The number of morpholine rings is 1. The summed E-state index contributed by atoms with van der Waals surface area (Å²) in [5, 5.41) is 0. The Bertz CT molecular complexity index is 1230. The van der Waals surface area contributed by atoms with E-state index in [-0.39, 0.29) is 4.90 Å². The van der Waals surface area contributed by atoms with E-state index >= 15 is 0 Å². The van der Waals surface area contributed by atoms with Crippen molar-refractivity contribution in [2.24, 2.45) is 0 Å². The number of aromatic nitrogens is 3. The Hall–Kier alpha value is -3.08. The zero-order valence-electron chi connectivity index (χ0n) is 17.7. The van der Waals surface area contributed by atoms with Gasteiger partial charge in [0.05, 0.1) is 35.7 Å². The molecule has 0 amide bonds. The van der Waals surface area contributed by atoms with Crippen molar-refractivity contribution < 1.29 is 13.2 Å². The SMILES string of the molecule is CNS(=O)(=O)c1cccc(-c2nc(N3CCOCC3)nc3c2CCN3c2cccnc2)c1. The normalized spacial score (nSPS) is 16.3. The van der Waals surface area contributed by atoms with Gasteiger partial charge in [-0.3, -0.25) is 4.98 Å². The van der Waals surface area contributed by atoms with Crippen LogP contribution in [-0.4, -0.2) is 63.3 Å². The van der Waals surface area contributed by atoms with Crippen LogP contribution in [0, 0.1) is 0 Å². The molecule has 1 aromatic carbocycles. The maximum Gasteiger partial charge on any atom is 0.240 e. The number of hydrogen-bond donors (Lipinski definition) is 1. The van der Waals surface area contributed by atoms with Gasteiger partial charge in [-0.2, -0.15) is 4.98 Å². The zero-order chi connectivity index (χ0) is 22.1. The fourth-order valence-corrected chi connectivity index (χ4v) is 4.86. The van der Waals surface area contributed by atoms with Crippen molar-refractivity contribution in [1.82, 2.24) is 19.7 Å². The summed E-state index contributed by atoms with van der Waals surface area (Å²) in [5.41, 5.74) is 3.48. The van der Waals surface area contributed by atoms with Crippen molar-refractivity contribution in [2.75, 3.05) is 49.7 Å². The van der Waals surface area contributed by atoms with Gasteiger partial charge >= 0.3 is 0 Å². The number of sulfonamides is 1.